The summed E-state index contributed by atoms with van der Waals surface area (Å²) < 4.78 is 6.55. The highest BCUT2D eigenvalue weighted by atomic mass is 32.1. The van der Waals surface area contributed by atoms with Crippen LogP contribution >= 0.6 is 22.7 Å². The fourth-order valence-electron chi connectivity index (χ4n) is 4.01. The van der Waals surface area contributed by atoms with Gasteiger partial charge in [0.25, 0.3) is 11.8 Å². The molecule has 3 aromatic rings. The summed E-state index contributed by atoms with van der Waals surface area (Å²) >= 11 is 2.79. The Hall–Kier alpha value is -2.78. The second kappa shape index (κ2) is 9.15. The van der Waals surface area contributed by atoms with Gasteiger partial charge in [-0.1, -0.05) is 31.4 Å². The Bertz CT molecular complexity index is 1080. The van der Waals surface area contributed by atoms with E-state index in [2.05, 4.69) is 5.32 Å². The van der Waals surface area contributed by atoms with Gasteiger partial charge in [0, 0.05) is 6.42 Å². The van der Waals surface area contributed by atoms with Crippen molar-refractivity contribution >= 4 is 55.7 Å². The van der Waals surface area contributed by atoms with Crippen molar-refractivity contribution in [3.63, 3.8) is 0 Å². The van der Waals surface area contributed by atoms with Gasteiger partial charge in [-0.2, -0.15) is 0 Å². The van der Waals surface area contributed by atoms with Gasteiger partial charge in [0.2, 0.25) is 0 Å². The van der Waals surface area contributed by atoms with Crippen molar-refractivity contribution in [2.75, 3.05) is 11.9 Å². The first kappa shape index (κ1) is 21.5. The van der Waals surface area contributed by atoms with Crippen molar-refractivity contribution in [1.29, 1.82) is 0 Å². The molecule has 1 aliphatic carbocycles. The molecule has 0 aliphatic heterocycles. The van der Waals surface area contributed by atoms with Gasteiger partial charge < -0.3 is 15.8 Å². The average Bonchev–Trinajstić information content (AvgIpc) is 3.38. The summed E-state index contributed by atoms with van der Waals surface area (Å²) in [6.45, 7) is -0.406. The van der Waals surface area contributed by atoms with Crippen LogP contribution in [0.5, 0.6) is 0 Å². The van der Waals surface area contributed by atoms with E-state index in [1.807, 2.05) is 24.3 Å². The van der Waals surface area contributed by atoms with Crippen molar-refractivity contribution < 1.29 is 19.1 Å². The minimum Gasteiger partial charge on any atom is -0.455 e. The predicted molar refractivity (Wildman–Crippen MR) is 121 cm³/mol. The van der Waals surface area contributed by atoms with E-state index in [9.17, 15) is 14.4 Å². The van der Waals surface area contributed by atoms with Crippen LogP contribution in [0.1, 0.15) is 47.5 Å². The second-order valence-corrected chi connectivity index (χ2v) is 9.78. The lowest BCUT2D eigenvalue weighted by molar-refractivity contribution is -0.160. The smallest absolute Gasteiger partial charge is 0.313 e. The number of thiazole rings is 1. The molecule has 0 spiro atoms. The Kier molecular flexibility index (Phi) is 6.33. The third-order valence-electron chi connectivity index (χ3n) is 5.59. The number of primary amides is 1. The first-order valence-corrected chi connectivity index (χ1v) is 11.9. The molecule has 0 saturated heterocycles. The van der Waals surface area contributed by atoms with Gasteiger partial charge in [-0.25, -0.2) is 4.98 Å². The van der Waals surface area contributed by atoms with Crippen LogP contribution in [-0.4, -0.2) is 29.4 Å². The molecule has 3 N–H and O–H groups in total. The van der Waals surface area contributed by atoms with Gasteiger partial charge in [0.05, 0.1) is 26.2 Å². The summed E-state index contributed by atoms with van der Waals surface area (Å²) in [4.78, 5) is 41.5. The molecule has 2 amide bonds. The van der Waals surface area contributed by atoms with E-state index in [1.165, 1.54) is 11.3 Å². The SMILES string of the molecule is NC(=O)c1ccsc1NC(=O)COC(=O)C1(Cc2nc3ccccc3s2)CCCCC1. The number of nitrogens with one attached hydrogen (secondary N) is 1. The van der Waals surface area contributed by atoms with Crippen molar-refractivity contribution in [2.24, 2.45) is 11.1 Å². The van der Waals surface area contributed by atoms with Gasteiger partial charge in [0.1, 0.15) is 5.00 Å². The number of fused-ring (bicyclic) bond motifs is 1. The van der Waals surface area contributed by atoms with Crippen molar-refractivity contribution in [3.8, 4) is 0 Å². The molecule has 4 rings (SSSR count). The number of ether oxygens (including phenoxy) is 1. The van der Waals surface area contributed by atoms with E-state index >= 15 is 0 Å². The number of esters is 1. The summed E-state index contributed by atoms with van der Waals surface area (Å²) in [6.07, 6.45) is 4.94. The molecule has 1 aliphatic rings. The number of rotatable bonds is 7. The largest absolute Gasteiger partial charge is 0.455 e. The Balaban J connectivity index is 1.43. The van der Waals surface area contributed by atoms with Crippen LogP contribution in [0.25, 0.3) is 10.2 Å². The number of aromatic nitrogens is 1. The number of benzene rings is 1. The van der Waals surface area contributed by atoms with Gasteiger partial charge in [-0.05, 0) is 36.4 Å². The molecule has 1 aromatic carbocycles. The van der Waals surface area contributed by atoms with Crippen LogP contribution in [0, 0.1) is 5.41 Å². The number of thiophene rings is 1. The fourth-order valence-corrected chi connectivity index (χ4v) is 5.93. The molecule has 2 heterocycles. The van der Waals surface area contributed by atoms with Crippen LogP contribution in [0.15, 0.2) is 35.7 Å². The summed E-state index contributed by atoms with van der Waals surface area (Å²) in [5.74, 6) is -1.47. The van der Waals surface area contributed by atoms with Crippen LogP contribution in [-0.2, 0) is 20.7 Å². The summed E-state index contributed by atoms with van der Waals surface area (Å²) in [5, 5.41) is 5.53. The maximum atomic E-state index is 13.1. The zero-order chi connectivity index (χ0) is 21.8. The zero-order valence-electron chi connectivity index (χ0n) is 16.9. The summed E-state index contributed by atoms with van der Waals surface area (Å²) in [7, 11) is 0. The normalized spacial score (nSPS) is 15.5. The maximum absolute atomic E-state index is 13.1. The molecule has 7 nitrogen and oxygen atoms in total. The van der Waals surface area contributed by atoms with Crippen LogP contribution < -0.4 is 11.1 Å². The molecule has 0 atom stereocenters. The Morgan fingerprint density at radius 1 is 1.13 bits per heavy atom. The lowest BCUT2D eigenvalue weighted by atomic mass is 9.72. The highest BCUT2D eigenvalue weighted by Crippen LogP contribution is 2.41. The number of hydrogen-bond donors (Lipinski definition) is 2. The number of carbonyl (C=O) groups excluding carboxylic acids is 3. The fraction of sp³-hybridized carbons (Fsp3) is 0.364. The average molecular weight is 458 g/mol. The topological polar surface area (TPSA) is 111 Å². The van der Waals surface area contributed by atoms with Crippen LogP contribution in [0.4, 0.5) is 5.00 Å². The number of nitrogens with two attached hydrogens (primary N) is 1. The number of anilines is 1. The molecule has 31 heavy (non-hydrogen) atoms. The molecule has 0 bridgehead atoms. The van der Waals surface area contributed by atoms with E-state index in [4.69, 9.17) is 15.5 Å². The molecule has 0 unspecified atom stereocenters. The second-order valence-electron chi connectivity index (χ2n) is 7.75. The lowest BCUT2D eigenvalue weighted by Crippen LogP contribution is -2.38. The first-order valence-electron chi connectivity index (χ1n) is 10.2. The molecule has 162 valence electrons. The first-order chi connectivity index (χ1) is 15.0. The zero-order valence-corrected chi connectivity index (χ0v) is 18.5. The standard InChI is InChI=1S/C22H23N3O4S2/c23-19(27)14-8-11-30-20(14)25-17(26)13-29-21(28)22(9-4-1-5-10-22)12-18-24-15-6-2-3-7-16(15)31-18/h2-3,6-8,11H,1,4-5,9-10,12-13H2,(H2,23,27)(H,25,26). The van der Waals surface area contributed by atoms with Gasteiger partial charge >= 0.3 is 5.97 Å². The molecule has 1 saturated carbocycles. The highest BCUT2D eigenvalue weighted by Gasteiger charge is 2.42. The van der Waals surface area contributed by atoms with Crippen LogP contribution in [0.3, 0.4) is 0 Å². The molecule has 1 fully saturated rings. The van der Waals surface area contributed by atoms with Crippen molar-refractivity contribution in [1.82, 2.24) is 4.98 Å². The molecular weight excluding hydrogens is 434 g/mol. The highest BCUT2D eigenvalue weighted by molar-refractivity contribution is 7.18. The summed E-state index contributed by atoms with van der Waals surface area (Å²) in [6, 6.07) is 9.47. The minimum absolute atomic E-state index is 0.240. The molecule has 2 aromatic heterocycles. The third-order valence-corrected chi connectivity index (χ3v) is 7.46. The van der Waals surface area contributed by atoms with E-state index in [0.717, 1.165) is 47.3 Å². The number of hydrogen-bond acceptors (Lipinski definition) is 7. The van der Waals surface area contributed by atoms with Gasteiger partial charge in [-0.3, -0.25) is 14.4 Å². The minimum atomic E-state index is -0.659. The Morgan fingerprint density at radius 2 is 1.90 bits per heavy atom. The van der Waals surface area contributed by atoms with E-state index in [0.29, 0.717) is 11.4 Å². The number of nitrogens with zero attached hydrogens (tertiary/aromatic N) is 1. The molecular formula is C22H23N3O4S2. The quantitative estimate of drug-likeness (QED) is 0.518. The Labute approximate surface area is 187 Å². The third kappa shape index (κ3) is 4.77. The van der Waals surface area contributed by atoms with E-state index in [1.54, 1.807) is 22.8 Å². The van der Waals surface area contributed by atoms with Crippen molar-refractivity contribution in [3.05, 3.63) is 46.3 Å². The van der Waals surface area contributed by atoms with E-state index in [-0.39, 0.29) is 11.5 Å². The maximum Gasteiger partial charge on any atom is 0.313 e. The molecule has 0 radical (unpaired) electrons. The monoisotopic (exact) mass is 457 g/mol. The lowest BCUT2D eigenvalue weighted by Gasteiger charge is -2.34. The van der Waals surface area contributed by atoms with E-state index < -0.39 is 23.8 Å². The van der Waals surface area contributed by atoms with Gasteiger partial charge in [-0.15, -0.1) is 22.7 Å². The van der Waals surface area contributed by atoms with Gasteiger partial charge in [0.15, 0.2) is 6.61 Å². The number of para-hydroxylation sites is 1. The van der Waals surface area contributed by atoms with Crippen LogP contribution in [0.2, 0.25) is 0 Å². The van der Waals surface area contributed by atoms with Crippen molar-refractivity contribution in [2.45, 2.75) is 38.5 Å². The predicted octanol–water partition coefficient (Wildman–Crippen LogP) is 4.13. The number of amides is 2. The number of carbonyl (C=O) groups is 3. The molecule has 9 heteroatoms. The Morgan fingerprint density at radius 3 is 2.65 bits per heavy atom. The summed E-state index contributed by atoms with van der Waals surface area (Å²) in [5.41, 5.74) is 5.81.